The van der Waals surface area contributed by atoms with Crippen LogP contribution < -0.4 is 16.0 Å². The lowest BCUT2D eigenvalue weighted by Crippen LogP contribution is -2.46. The predicted molar refractivity (Wildman–Crippen MR) is 117 cm³/mol. The highest BCUT2D eigenvalue weighted by Gasteiger charge is 2.42. The molecule has 6 nitrogen and oxygen atoms in total. The molecule has 10 heteroatoms. The van der Waals surface area contributed by atoms with Crippen molar-refractivity contribution >= 4 is 35.8 Å². The number of amides is 1. The third kappa shape index (κ3) is 8.43. The second-order valence-corrected chi connectivity index (χ2v) is 7.05. The van der Waals surface area contributed by atoms with E-state index in [2.05, 4.69) is 20.9 Å². The summed E-state index contributed by atoms with van der Waals surface area (Å²) >= 11 is 0. The highest BCUT2D eigenvalue weighted by atomic mass is 127. The fourth-order valence-corrected chi connectivity index (χ4v) is 3.29. The number of aryl methyl sites for hydroxylation is 1. The number of carbonyl (C=O) groups excluding carboxylic acids is 1. The van der Waals surface area contributed by atoms with Crippen molar-refractivity contribution in [2.45, 2.75) is 58.2 Å². The van der Waals surface area contributed by atoms with E-state index in [1.165, 1.54) is 6.26 Å². The molecule has 0 radical (unpaired) electrons. The van der Waals surface area contributed by atoms with E-state index < -0.39 is 12.1 Å². The number of hydrogen-bond donors (Lipinski definition) is 3. The number of halogens is 4. The second-order valence-electron chi connectivity index (χ2n) is 7.05. The SMILES string of the molecule is CCNC(=NCCCNC(=O)c1occc1C)NC1CCCC(C(F)(F)F)C1.I. The Morgan fingerprint density at radius 3 is 2.69 bits per heavy atom. The Morgan fingerprint density at radius 2 is 2.07 bits per heavy atom. The third-order valence-corrected chi connectivity index (χ3v) is 4.78. The zero-order valence-corrected chi connectivity index (χ0v) is 19.1. The standard InChI is InChI=1S/C19H29F3N4O2.HI/c1-3-23-18(26-15-7-4-6-14(12-15)19(20,21)22)25-10-5-9-24-17(27)16-13(2)8-11-28-16;/h8,11,14-15H,3-7,9-10,12H2,1-2H3,(H,24,27)(H2,23,25,26);1H. The number of furan rings is 1. The first-order valence-corrected chi connectivity index (χ1v) is 9.75. The smallest absolute Gasteiger partial charge is 0.391 e. The largest absolute Gasteiger partial charge is 0.459 e. The van der Waals surface area contributed by atoms with Crippen molar-refractivity contribution in [2.24, 2.45) is 10.9 Å². The molecule has 1 saturated carbocycles. The Bertz CT molecular complexity index is 664. The molecule has 2 unspecified atom stereocenters. The summed E-state index contributed by atoms with van der Waals surface area (Å²) in [5.41, 5.74) is 0.777. The number of carbonyl (C=O) groups is 1. The van der Waals surface area contributed by atoms with Gasteiger partial charge in [-0.1, -0.05) is 6.42 Å². The fraction of sp³-hybridized carbons (Fsp3) is 0.684. The average Bonchev–Trinajstić information content (AvgIpc) is 3.07. The zero-order chi connectivity index (χ0) is 20.6. The van der Waals surface area contributed by atoms with E-state index in [4.69, 9.17) is 4.42 Å². The molecule has 0 spiro atoms. The average molecular weight is 530 g/mol. The Labute approximate surface area is 186 Å². The van der Waals surface area contributed by atoms with E-state index in [1.807, 2.05) is 6.92 Å². The van der Waals surface area contributed by atoms with Crippen LogP contribution in [0.5, 0.6) is 0 Å². The van der Waals surface area contributed by atoms with E-state index in [0.29, 0.717) is 50.6 Å². The lowest BCUT2D eigenvalue weighted by atomic mass is 9.85. The molecule has 1 aromatic rings. The highest BCUT2D eigenvalue weighted by molar-refractivity contribution is 14.0. The van der Waals surface area contributed by atoms with Crippen LogP contribution >= 0.6 is 24.0 Å². The maximum Gasteiger partial charge on any atom is 0.391 e. The lowest BCUT2D eigenvalue weighted by molar-refractivity contribution is -0.183. The van der Waals surface area contributed by atoms with Gasteiger partial charge in [0, 0.05) is 31.2 Å². The van der Waals surface area contributed by atoms with Crippen LogP contribution in [0.4, 0.5) is 13.2 Å². The maximum absolute atomic E-state index is 13.0. The normalized spacial score (nSPS) is 20.0. The molecule has 1 amide bonds. The number of nitrogens with one attached hydrogen (secondary N) is 3. The van der Waals surface area contributed by atoms with Gasteiger partial charge in [-0.05, 0) is 45.6 Å². The van der Waals surface area contributed by atoms with Gasteiger partial charge in [0.05, 0.1) is 12.2 Å². The van der Waals surface area contributed by atoms with Crippen LogP contribution in [0.15, 0.2) is 21.7 Å². The molecule has 3 N–H and O–H groups in total. The molecular weight excluding hydrogens is 500 g/mol. The monoisotopic (exact) mass is 530 g/mol. The van der Waals surface area contributed by atoms with Gasteiger partial charge in [0.25, 0.3) is 5.91 Å². The van der Waals surface area contributed by atoms with Crippen molar-refractivity contribution in [1.82, 2.24) is 16.0 Å². The molecule has 0 aromatic carbocycles. The minimum Gasteiger partial charge on any atom is -0.459 e. The molecule has 1 aromatic heterocycles. The van der Waals surface area contributed by atoms with Gasteiger partial charge >= 0.3 is 6.18 Å². The number of rotatable bonds is 7. The third-order valence-electron chi connectivity index (χ3n) is 4.78. The zero-order valence-electron chi connectivity index (χ0n) is 16.8. The molecule has 1 aliphatic rings. The van der Waals surface area contributed by atoms with E-state index >= 15 is 0 Å². The second kappa shape index (κ2) is 12.3. The molecule has 1 fully saturated rings. The molecule has 0 bridgehead atoms. The van der Waals surface area contributed by atoms with Gasteiger partial charge in [0.1, 0.15) is 0 Å². The van der Waals surface area contributed by atoms with E-state index in [0.717, 1.165) is 5.56 Å². The molecule has 29 heavy (non-hydrogen) atoms. The maximum atomic E-state index is 13.0. The number of nitrogens with zero attached hydrogens (tertiary/aromatic N) is 1. The van der Waals surface area contributed by atoms with Gasteiger partial charge in [-0.3, -0.25) is 9.79 Å². The molecule has 1 aliphatic carbocycles. The predicted octanol–water partition coefficient (Wildman–Crippen LogP) is 4.00. The quantitative estimate of drug-likeness (QED) is 0.216. The number of hydrogen-bond acceptors (Lipinski definition) is 3. The Balaban J connectivity index is 0.00000420. The molecule has 166 valence electrons. The first kappa shape index (κ1) is 25.6. The summed E-state index contributed by atoms with van der Waals surface area (Å²) in [7, 11) is 0. The first-order chi connectivity index (χ1) is 13.3. The lowest BCUT2D eigenvalue weighted by Gasteiger charge is -2.31. The van der Waals surface area contributed by atoms with Crippen molar-refractivity contribution in [2.75, 3.05) is 19.6 Å². The van der Waals surface area contributed by atoms with Crippen molar-refractivity contribution in [3.05, 3.63) is 23.7 Å². The van der Waals surface area contributed by atoms with Crippen LogP contribution in [0, 0.1) is 12.8 Å². The van der Waals surface area contributed by atoms with Gasteiger partial charge in [0.15, 0.2) is 11.7 Å². The summed E-state index contributed by atoms with van der Waals surface area (Å²) in [4.78, 5) is 16.4. The van der Waals surface area contributed by atoms with Crippen LogP contribution in [-0.4, -0.2) is 43.7 Å². The Kier molecular flexibility index (Phi) is 10.8. The van der Waals surface area contributed by atoms with Crippen molar-refractivity contribution < 1.29 is 22.4 Å². The summed E-state index contributed by atoms with van der Waals surface area (Å²) in [5, 5.41) is 8.96. The van der Waals surface area contributed by atoms with Gasteiger partial charge in [-0.15, -0.1) is 24.0 Å². The summed E-state index contributed by atoms with van der Waals surface area (Å²) in [6.45, 7) is 5.20. The summed E-state index contributed by atoms with van der Waals surface area (Å²) in [6, 6.07) is 1.49. The first-order valence-electron chi connectivity index (χ1n) is 9.75. The minimum absolute atomic E-state index is 0. The van der Waals surface area contributed by atoms with Crippen LogP contribution in [0.3, 0.4) is 0 Å². The van der Waals surface area contributed by atoms with Gasteiger partial charge in [0.2, 0.25) is 0 Å². The van der Waals surface area contributed by atoms with Crippen LogP contribution in [0.25, 0.3) is 0 Å². The molecular formula is C19H30F3IN4O2. The van der Waals surface area contributed by atoms with Crippen LogP contribution in [0.1, 0.15) is 55.1 Å². The van der Waals surface area contributed by atoms with E-state index in [-0.39, 0.29) is 48.8 Å². The van der Waals surface area contributed by atoms with Crippen molar-refractivity contribution in [3.63, 3.8) is 0 Å². The molecule has 2 rings (SSSR count). The number of guanidine groups is 1. The highest BCUT2D eigenvalue weighted by Crippen LogP contribution is 2.37. The Morgan fingerprint density at radius 1 is 1.31 bits per heavy atom. The number of alkyl halides is 3. The fourth-order valence-electron chi connectivity index (χ4n) is 3.29. The summed E-state index contributed by atoms with van der Waals surface area (Å²) in [5.74, 6) is -0.697. The van der Waals surface area contributed by atoms with Crippen molar-refractivity contribution in [3.8, 4) is 0 Å². The molecule has 0 saturated heterocycles. The minimum atomic E-state index is -4.14. The Hall–Kier alpha value is -1.46. The van der Waals surface area contributed by atoms with Gasteiger partial charge in [-0.2, -0.15) is 13.2 Å². The van der Waals surface area contributed by atoms with Crippen LogP contribution in [0.2, 0.25) is 0 Å². The van der Waals surface area contributed by atoms with E-state index in [9.17, 15) is 18.0 Å². The van der Waals surface area contributed by atoms with Crippen LogP contribution in [-0.2, 0) is 0 Å². The topological polar surface area (TPSA) is 78.7 Å². The summed E-state index contributed by atoms with van der Waals surface area (Å²) < 4.78 is 44.0. The van der Waals surface area contributed by atoms with Gasteiger partial charge < -0.3 is 20.4 Å². The number of aliphatic imine (C=N–C) groups is 1. The van der Waals surface area contributed by atoms with Crippen molar-refractivity contribution in [1.29, 1.82) is 0 Å². The van der Waals surface area contributed by atoms with E-state index in [1.54, 1.807) is 13.0 Å². The van der Waals surface area contributed by atoms with Gasteiger partial charge in [-0.25, -0.2) is 0 Å². The molecule has 2 atom stereocenters. The molecule has 1 heterocycles. The summed E-state index contributed by atoms with van der Waals surface area (Å²) in [6.07, 6.45) is -0.526. The molecule has 0 aliphatic heterocycles.